The first-order valence-electron chi connectivity index (χ1n) is 8.68. The van der Waals surface area contributed by atoms with Crippen LogP contribution < -0.4 is 5.32 Å². The fourth-order valence-electron chi connectivity index (χ4n) is 3.31. The molecular weight excluding hydrogens is 308 g/mol. The number of fused-ring (bicyclic) bond motifs is 1. The Labute approximate surface area is 142 Å². The first-order chi connectivity index (χ1) is 11.3. The van der Waals surface area contributed by atoms with Crippen molar-refractivity contribution in [2.24, 2.45) is 0 Å². The molecular formula is C17H26N4O3. The molecule has 0 unspecified atom stereocenters. The van der Waals surface area contributed by atoms with Gasteiger partial charge in [-0.3, -0.25) is 9.89 Å². The summed E-state index contributed by atoms with van der Waals surface area (Å²) in [5.74, 6) is -0.106. The molecule has 0 atom stereocenters. The maximum absolute atomic E-state index is 12.4. The molecule has 132 valence electrons. The molecule has 2 N–H and O–H groups in total. The Hall–Kier alpha value is -2.05. The van der Waals surface area contributed by atoms with E-state index in [2.05, 4.69) is 15.5 Å². The number of H-pyrrole nitrogens is 1. The number of amides is 2. The quantitative estimate of drug-likeness (QED) is 0.869. The second kappa shape index (κ2) is 6.45. The molecule has 3 rings (SSSR count). The maximum Gasteiger partial charge on any atom is 0.410 e. The molecule has 2 amide bonds. The van der Waals surface area contributed by atoms with Crippen molar-refractivity contribution in [1.29, 1.82) is 0 Å². The Bertz CT molecular complexity index is 626. The van der Waals surface area contributed by atoms with Gasteiger partial charge in [-0.2, -0.15) is 5.10 Å². The highest BCUT2D eigenvalue weighted by Gasteiger charge is 2.30. The molecule has 0 spiro atoms. The smallest absolute Gasteiger partial charge is 0.410 e. The second-order valence-electron chi connectivity index (χ2n) is 7.64. The number of rotatable bonds is 2. The molecule has 1 fully saturated rings. The molecule has 1 aliphatic heterocycles. The van der Waals surface area contributed by atoms with Crippen LogP contribution in [0.1, 0.15) is 68.2 Å². The average molecular weight is 334 g/mol. The van der Waals surface area contributed by atoms with Crippen LogP contribution in [0.2, 0.25) is 0 Å². The van der Waals surface area contributed by atoms with E-state index in [1.165, 1.54) is 12.8 Å². The van der Waals surface area contributed by atoms with Gasteiger partial charge in [-0.25, -0.2) is 4.79 Å². The number of nitrogens with zero attached hydrogens (tertiary/aromatic N) is 2. The van der Waals surface area contributed by atoms with Crippen molar-refractivity contribution in [3.05, 3.63) is 17.0 Å². The molecule has 1 aromatic rings. The van der Waals surface area contributed by atoms with Crippen LogP contribution in [0.4, 0.5) is 4.79 Å². The minimum atomic E-state index is -0.516. The molecule has 2 aliphatic rings. The van der Waals surface area contributed by atoms with Crippen LogP contribution in [-0.4, -0.2) is 45.3 Å². The van der Waals surface area contributed by atoms with Gasteiger partial charge in [0, 0.05) is 18.2 Å². The molecule has 0 aromatic carbocycles. The van der Waals surface area contributed by atoms with Gasteiger partial charge in [0.05, 0.1) is 12.2 Å². The lowest BCUT2D eigenvalue weighted by atomic mass is 10.0. The van der Waals surface area contributed by atoms with Crippen LogP contribution in [0.15, 0.2) is 0 Å². The zero-order chi connectivity index (χ0) is 17.3. The van der Waals surface area contributed by atoms with Crippen molar-refractivity contribution in [3.8, 4) is 0 Å². The van der Waals surface area contributed by atoms with Crippen LogP contribution in [-0.2, 0) is 17.7 Å². The zero-order valence-electron chi connectivity index (χ0n) is 14.6. The minimum absolute atomic E-state index is 0.106. The predicted octanol–water partition coefficient (Wildman–Crippen LogP) is 2.38. The normalized spacial score (nSPS) is 18.4. The summed E-state index contributed by atoms with van der Waals surface area (Å²) in [5.41, 5.74) is 1.70. The zero-order valence-corrected chi connectivity index (χ0v) is 14.6. The predicted molar refractivity (Wildman–Crippen MR) is 88.7 cm³/mol. The molecule has 7 heteroatoms. The summed E-state index contributed by atoms with van der Waals surface area (Å²) in [6, 6.07) is 0.270. The number of hydrogen-bond acceptors (Lipinski definition) is 4. The molecule has 7 nitrogen and oxygen atoms in total. The van der Waals surface area contributed by atoms with Crippen molar-refractivity contribution in [1.82, 2.24) is 20.4 Å². The largest absolute Gasteiger partial charge is 0.444 e. The van der Waals surface area contributed by atoms with Crippen LogP contribution in [0.3, 0.4) is 0 Å². The molecule has 1 aliphatic carbocycles. The van der Waals surface area contributed by atoms with Crippen LogP contribution >= 0.6 is 0 Å². The summed E-state index contributed by atoms with van der Waals surface area (Å²) < 4.78 is 5.41. The lowest BCUT2D eigenvalue weighted by Crippen LogP contribution is -2.40. The topological polar surface area (TPSA) is 87.3 Å². The van der Waals surface area contributed by atoms with Crippen LogP contribution in [0.25, 0.3) is 0 Å². The number of carbonyl (C=O) groups is 2. The molecule has 2 heterocycles. The van der Waals surface area contributed by atoms with Crippen molar-refractivity contribution < 1.29 is 14.3 Å². The number of nitrogens with one attached hydrogen (secondary N) is 2. The summed E-state index contributed by atoms with van der Waals surface area (Å²) in [4.78, 5) is 26.3. The Morgan fingerprint density at radius 1 is 1.29 bits per heavy atom. The Morgan fingerprint density at radius 2 is 2.00 bits per heavy atom. The Kier molecular flexibility index (Phi) is 4.51. The summed E-state index contributed by atoms with van der Waals surface area (Å²) >= 11 is 0. The van der Waals surface area contributed by atoms with E-state index < -0.39 is 5.60 Å². The number of aromatic nitrogens is 2. The number of aromatic amines is 1. The second-order valence-corrected chi connectivity index (χ2v) is 7.64. The van der Waals surface area contributed by atoms with E-state index in [0.29, 0.717) is 25.2 Å². The van der Waals surface area contributed by atoms with Crippen molar-refractivity contribution in [3.63, 3.8) is 0 Å². The fraction of sp³-hybridized carbons (Fsp3) is 0.706. The third-order valence-electron chi connectivity index (χ3n) is 4.49. The first kappa shape index (κ1) is 16.8. The average Bonchev–Trinajstić information content (AvgIpc) is 3.13. The van der Waals surface area contributed by atoms with E-state index in [1.807, 2.05) is 20.8 Å². The maximum atomic E-state index is 12.4. The third kappa shape index (κ3) is 3.71. The van der Waals surface area contributed by atoms with Gasteiger partial charge in [0.25, 0.3) is 5.91 Å². The van der Waals surface area contributed by atoms with Crippen LogP contribution in [0, 0.1) is 0 Å². The van der Waals surface area contributed by atoms with E-state index in [-0.39, 0.29) is 18.0 Å². The van der Waals surface area contributed by atoms with Gasteiger partial charge in [-0.15, -0.1) is 0 Å². The molecule has 1 saturated carbocycles. The summed E-state index contributed by atoms with van der Waals surface area (Å²) in [7, 11) is 0. The van der Waals surface area contributed by atoms with E-state index in [0.717, 1.165) is 24.1 Å². The lowest BCUT2D eigenvalue weighted by molar-refractivity contribution is 0.0221. The SMILES string of the molecule is CC(C)(C)OC(=O)N1CCc2c(C(=O)NC3CCCC3)n[nH]c2C1. The molecule has 0 bridgehead atoms. The van der Waals surface area contributed by atoms with E-state index >= 15 is 0 Å². The summed E-state index contributed by atoms with van der Waals surface area (Å²) in [5, 5.41) is 10.2. The first-order valence-corrected chi connectivity index (χ1v) is 8.68. The minimum Gasteiger partial charge on any atom is -0.444 e. The number of hydrogen-bond donors (Lipinski definition) is 2. The molecule has 0 radical (unpaired) electrons. The van der Waals surface area contributed by atoms with Gasteiger partial charge in [0.15, 0.2) is 5.69 Å². The molecule has 0 saturated heterocycles. The van der Waals surface area contributed by atoms with E-state index in [1.54, 1.807) is 4.90 Å². The van der Waals surface area contributed by atoms with Gasteiger partial charge in [-0.1, -0.05) is 12.8 Å². The molecule has 1 aromatic heterocycles. The standard InChI is InChI=1S/C17H26N4O3/c1-17(2,3)24-16(23)21-9-8-12-13(10-21)19-20-14(12)15(22)18-11-6-4-5-7-11/h11H,4-10H2,1-3H3,(H,18,22)(H,19,20). The van der Waals surface area contributed by atoms with Crippen molar-refractivity contribution in [2.75, 3.05) is 6.54 Å². The highest BCUT2D eigenvalue weighted by molar-refractivity contribution is 5.94. The van der Waals surface area contributed by atoms with Gasteiger partial charge >= 0.3 is 6.09 Å². The fourth-order valence-corrected chi connectivity index (χ4v) is 3.31. The van der Waals surface area contributed by atoms with Crippen molar-refractivity contribution in [2.45, 2.75) is 71.1 Å². The highest BCUT2D eigenvalue weighted by atomic mass is 16.6. The van der Waals surface area contributed by atoms with Crippen LogP contribution in [0.5, 0.6) is 0 Å². The highest BCUT2D eigenvalue weighted by Crippen LogP contribution is 2.23. The lowest BCUT2D eigenvalue weighted by Gasteiger charge is -2.29. The van der Waals surface area contributed by atoms with Crippen molar-refractivity contribution >= 4 is 12.0 Å². The monoisotopic (exact) mass is 334 g/mol. The van der Waals surface area contributed by atoms with Gasteiger partial charge in [0.2, 0.25) is 0 Å². The van der Waals surface area contributed by atoms with E-state index in [9.17, 15) is 9.59 Å². The van der Waals surface area contributed by atoms with Gasteiger partial charge < -0.3 is 15.0 Å². The summed E-state index contributed by atoms with van der Waals surface area (Å²) in [6.07, 6.45) is 4.72. The summed E-state index contributed by atoms with van der Waals surface area (Å²) in [6.45, 7) is 6.48. The Balaban J connectivity index is 1.65. The van der Waals surface area contributed by atoms with Gasteiger partial charge in [0.1, 0.15) is 5.60 Å². The molecule has 24 heavy (non-hydrogen) atoms. The number of ether oxygens (including phenoxy) is 1. The number of carbonyl (C=O) groups excluding carboxylic acids is 2. The van der Waals surface area contributed by atoms with E-state index in [4.69, 9.17) is 4.74 Å². The third-order valence-corrected chi connectivity index (χ3v) is 4.49. The Morgan fingerprint density at radius 3 is 2.67 bits per heavy atom. The van der Waals surface area contributed by atoms with Gasteiger partial charge in [-0.05, 0) is 40.0 Å².